The topological polar surface area (TPSA) is 107 Å². The lowest BCUT2D eigenvalue weighted by Crippen LogP contribution is -2.04. The summed E-state index contributed by atoms with van der Waals surface area (Å²) in [5.74, 6) is -0.254. The first-order valence-corrected chi connectivity index (χ1v) is 10.8. The molecule has 4 rings (SSSR count). The molecule has 0 amide bonds. The highest BCUT2D eigenvalue weighted by molar-refractivity contribution is 7.19. The summed E-state index contributed by atoms with van der Waals surface area (Å²) in [6, 6.07) is 16.5. The SMILES string of the molecule is CCOC(=O)c1ccc(-c2sc(-c3nn[nH]n3)cc2-c2cccc(C(=O)OCC)c2)cc1. The van der Waals surface area contributed by atoms with Crippen LogP contribution < -0.4 is 0 Å². The molecule has 2 aromatic carbocycles. The van der Waals surface area contributed by atoms with Crippen molar-refractivity contribution >= 4 is 23.3 Å². The second-order valence-corrected chi connectivity index (χ2v) is 7.74. The fraction of sp³-hybridized carbons (Fsp3) is 0.174. The average Bonchev–Trinajstić information content (AvgIpc) is 3.50. The molecule has 0 aliphatic heterocycles. The Hall–Kier alpha value is -3.85. The predicted octanol–water partition coefficient (Wildman–Crippen LogP) is 4.62. The van der Waals surface area contributed by atoms with Gasteiger partial charge >= 0.3 is 11.9 Å². The highest BCUT2D eigenvalue weighted by Crippen LogP contribution is 2.42. The zero-order chi connectivity index (χ0) is 22.5. The number of H-pyrrole nitrogens is 1. The van der Waals surface area contributed by atoms with Crippen LogP contribution in [-0.2, 0) is 9.47 Å². The lowest BCUT2D eigenvalue weighted by molar-refractivity contribution is 0.0517. The van der Waals surface area contributed by atoms with Gasteiger partial charge in [-0.05, 0) is 60.5 Å². The van der Waals surface area contributed by atoms with Crippen LogP contribution in [-0.4, -0.2) is 45.8 Å². The Bertz CT molecular complexity index is 1230. The van der Waals surface area contributed by atoms with Crippen LogP contribution in [0.15, 0.2) is 54.6 Å². The molecule has 0 radical (unpaired) electrons. The van der Waals surface area contributed by atoms with Gasteiger partial charge in [0.2, 0.25) is 5.82 Å². The van der Waals surface area contributed by atoms with Gasteiger partial charge in [-0.25, -0.2) is 9.59 Å². The van der Waals surface area contributed by atoms with Gasteiger partial charge in [-0.15, -0.1) is 21.5 Å². The molecule has 0 aliphatic rings. The van der Waals surface area contributed by atoms with E-state index in [1.54, 1.807) is 38.1 Å². The predicted molar refractivity (Wildman–Crippen MR) is 120 cm³/mol. The first-order valence-electron chi connectivity index (χ1n) is 10.0. The first-order chi connectivity index (χ1) is 15.6. The van der Waals surface area contributed by atoms with E-state index < -0.39 is 0 Å². The number of rotatable bonds is 7. The fourth-order valence-corrected chi connectivity index (χ4v) is 4.31. The summed E-state index contributed by atoms with van der Waals surface area (Å²) in [6.07, 6.45) is 0. The molecule has 0 fully saturated rings. The van der Waals surface area contributed by atoms with Crippen molar-refractivity contribution in [2.45, 2.75) is 13.8 Å². The van der Waals surface area contributed by atoms with E-state index in [-0.39, 0.29) is 11.9 Å². The number of nitrogens with zero attached hydrogens (tertiary/aromatic N) is 3. The molecule has 0 unspecified atom stereocenters. The molecule has 0 saturated heterocycles. The average molecular weight is 449 g/mol. The minimum Gasteiger partial charge on any atom is -0.462 e. The van der Waals surface area contributed by atoms with Crippen LogP contribution in [0.2, 0.25) is 0 Å². The van der Waals surface area contributed by atoms with E-state index in [1.165, 1.54) is 11.3 Å². The highest BCUT2D eigenvalue weighted by Gasteiger charge is 2.18. The number of ether oxygens (including phenoxy) is 2. The Morgan fingerprint density at radius 2 is 1.62 bits per heavy atom. The molecule has 4 aromatic rings. The molecular formula is C23H20N4O4S. The molecular weight excluding hydrogens is 428 g/mol. The van der Waals surface area contributed by atoms with Crippen molar-refractivity contribution in [2.24, 2.45) is 0 Å². The van der Waals surface area contributed by atoms with E-state index in [4.69, 9.17) is 9.47 Å². The maximum atomic E-state index is 12.2. The molecule has 8 nitrogen and oxygen atoms in total. The molecule has 0 aliphatic carbocycles. The summed E-state index contributed by atoms with van der Waals surface area (Å²) in [7, 11) is 0. The van der Waals surface area contributed by atoms with Gasteiger partial charge in [0.05, 0.1) is 29.2 Å². The lowest BCUT2D eigenvalue weighted by Gasteiger charge is -2.08. The van der Waals surface area contributed by atoms with E-state index in [9.17, 15) is 9.59 Å². The maximum Gasteiger partial charge on any atom is 0.338 e. The van der Waals surface area contributed by atoms with Gasteiger partial charge in [0.15, 0.2) is 0 Å². The number of aromatic amines is 1. The van der Waals surface area contributed by atoms with E-state index in [0.717, 1.165) is 26.4 Å². The Kier molecular flexibility index (Phi) is 6.37. The molecule has 162 valence electrons. The van der Waals surface area contributed by atoms with E-state index in [2.05, 4.69) is 20.6 Å². The van der Waals surface area contributed by atoms with Crippen molar-refractivity contribution in [2.75, 3.05) is 13.2 Å². The minimum atomic E-state index is -0.372. The van der Waals surface area contributed by atoms with Crippen LogP contribution in [0, 0.1) is 0 Å². The first kappa shape index (κ1) is 21.4. The van der Waals surface area contributed by atoms with Crippen LogP contribution in [0.3, 0.4) is 0 Å². The number of nitrogens with one attached hydrogen (secondary N) is 1. The smallest absolute Gasteiger partial charge is 0.338 e. The number of carbonyl (C=O) groups excluding carboxylic acids is 2. The number of hydrogen-bond acceptors (Lipinski definition) is 8. The second kappa shape index (κ2) is 9.52. The largest absolute Gasteiger partial charge is 0.462 e. The van der Waals surface area contributed by atoms with Gasteiger partial charge in [0.1, 0.15) is 0 Å². The lowest BCUT2D eigenvalue weighted by atomic mass is 9.99. The third kappa shape index (κ3) is 4.42. The van der Waals surface area contributed by atoms with Gasteiger partial charge in [-0.2, -0.15) is 5.21 Å². The second-order valence-electron chi connectivity index (χ2n) is 6.69. The zero-order valence-corrected chi connectivity index (χ0v) is 18.3. The van der Waals surface area contributed by atoms with Crippen molar-refractivity contribution < 1.29 is 19.1 Å². The summed E-state index contributed by atoms with van der Waals surface area (Å²) in [6.45, 7) is 4.17. The molecule has 2 aromatic heterocycles. The minimum absolute atomic E-state index is 0.307. The van der Waals surface area contributed by atoms with Crippen LogP contribution in [0.4, 0.5) is 0 Å². The molecule has 0 spiro atoms. The Balaban J connectivity index is 1.78. The van der Waals surface area contributed by atoms with Crippen LogP contribution in [0.1, 0.15) is 34.6 Å². The molecule has 9 heteroatoms. The quantitative estimate of drug-likeness (QED) is 0.411. The number of hydrogen-bond donors (Lipinski definition) is 1. The third-order valence-electron chi connectivity index (χ3n) is 4.64. The van der Waals surface area contributed by atoms with Crippen LogP contribution in [0.5, 0.6) is 0 Å². The van der Waals surface area contributed by atoms with Gasteiger partial charge in [-0.3, -0.25) is 0 Å². The summed E-state index contributed by atoms with van der Waals surface area (Å²) in [4.78, 5) is 26.0. The summed E-state index contributed by atoms with van der Waals surface area (Å²) >= 11 is 1.50. The monoisotopic (exact) mass is 448 g/mol. The standard InChI is InChI=1S/C23H20N4O4S/c1-3-30-22(28)15-10-8-14(9-11-15)20-18(13-19(32-20)21-24-26-27-25-21)16-6-5-7-17(12-16)23(29)31-4-2/h5-13H,3-4H2,1-2H3,(H,24,25,26,27). The number of carbonyl (C=O) groups is 2. The van der Waals surface area contributed by atoms with E-state index in [0.29, 0.717) is 30.2 Å². The van der Waals surface area contributed by atoms with Crippen molar-refractivity contribution in [3.05, 3.63) is 65.7 Å². The highest BCUT2D eigenvalue weighted by atomic mass is 32.1. The van der Waals surface area contributed by atoms with Crippen molar-refractivity contribution in [1.82, 2.24) is 20.6 Å². The number of esters is 2. The summed E-state index contributed by atoms with van der Waals surface area (Å²) in [5.41, 5.74) is 3.63. The van der Waals surface area contributed by atoms with Crippen LogP contribution in [0.25, 0.3) is 32.3 Å². The molecule has 1 N–H and O–H groups in total. The fourth-order valence-electron chi connectivity index (χ4n) is 3.20. The normalized spacial score (nSPS) is 10.7. The van der Waals surface area contributed by atoms with Gasteiger partial charge in [0.25, 0.3) is 0 Å². The molecule has 0 saturated carbocycles. The van der Waals surface area contributed by atoms with Crippen molar-refractivity contribution in [3.63, 3.8) is 0 Å². The van der Waals surface area contributed by atoms with Gasteiger partial charge < -0.3 is 9.47 Å². The van der Waals surface area contributed by atoms with Gasteiger partial charge in [0, 0.05) is 10.4 Å². The number of aromatic nitrogens is 4. The van der Waals surface area contributed by atoms with Crippen molar-refractivity contribution in [3.8, 4) is 32.3 Å². The number of tetrazole rings is 1. The molecule has 2 heterocycles. The molecule has 32 heavy (non-hydrogen) atoms. The molecule has 0 atom stereocenters. The zero-order valence-electron chi connectivity index (χ0n) is 17.5. The van der Waals surface area contributed by atoms with Gasteiger partial charge in [-0.1, -0.05) is 24.3 Å². The van der Waals surface area contributed by atoms with E-state index >= 15 is 0 Å². The summed E-state index contributed by atoms with van der Waals surface area (Å²) < 4.78 is 10.2. The maximum absolute atomic E-state index is 12.2. The third-order valence-corrected chi connectivity index (χ3v) is 5.82. The van der Waals surface area contributed by atoms with E-state index in [1.807, 2.05) is 30.3 Å². The Morgan fingerprint density at radius 1 is 0.906 bits per heavy atom. The molecule has 0 bridgehead atoms. The number of thiophene rings is 1. The summed E-state index contributed by atoms with van der Waals surface area (Å²) in [5, 5.41) is 14.3. The van der Waals surface area contributed by atoms with Crippen molar-refractivity contribution in [1.29, 1.82) is 0 Å². The van der Waals surface area contributed by atoms with Crippen LogP contribution >= 0.6 is 11.3 Å². The number of benzene rings is 2. The Morgan fingerprint density at radius 3 is 2.28 bits per heavy atom. The Labute approximate surface area is 188 Å².